The van der Waals surface area contributed by atoms with Crippen molar-refractivity contribution in [2.45, 2.75) is 26.3 Å². The van der Waals surface area contributed by atoms with Crippen LogP contribution in [-0.2, 0) is 4.79 Å². The molecule has 1 aromatic heterocycles. The highest BCUT2D eigenvalue weighted by Gasteiger charge is 2.19. The highest BCUT2D eigenvalue weighted by Crippen LogP contribution is 2.13. The Morgan fingerprint density at radius 3 is 2.57 bits per heavy atom. The van der Waals surface area contributed by atoms with Gasteiger partial charge in [0, 0.05) is 18.1 Å². The van der Waals surface area contributed by atoms with Gasteiger partial charge in [0.2, 0.25) is 5.91 Å². The molecule has 2 aromatic rings. The van der Waals surface area contributed by atoms with Gasteiger partial charge in [0.15, 0.2) is 0 Å². The number of aromatic nitrogens is 2. The molecule has 2 unspecified atom stereocenters. The van der Waals surface area contributed by atoms with Crippen molar-refractivity contribution >= 4 is 11.6 Å². The number of nitrogens with two attached hydrogens (primary N) is 1. The smallest absolute Gasteiger partial charge is 0.325 e. The molecule has 21 heavy (non-hydrogen) atoms. The number of carbonyl (C=O) groups is 1. The van der Waals surface area contributed by atoms with Crippen molar-refractivity contribution in [2.75, 3.05) is 5.32 Å². The minimum absolute atomic E-state index is 0.128. The molecule has 0 saturated heterocycles. The van der Waals surface area contributed by atoms with Gasteiger partial charge in [-0.3, -0.25) is 9.36 Å². The lowest BCUT2D eigenvalue weighted by molar-refractivity contribution is -0.118. The SMILES string of the molecule is CCC(C)C(N)C(=O)Nc1ccc(-n2cc[nH]c2=O)cc1. The van der Waals surface area contributed by atoms with E-state index in [1.807, 2.05) is 13.8 Å². The first-order chi connectivity index (χ1) is 10.0. The first-order valence-corrected chi connectivity index (χ1v) is 6.96. The van der Waals surface area contributed by atoms with E-state index in [2.05, 4.69) is 10.3 Å². The molecular formula is C15H20N4O2. The van der Waals surface area contributed by atoms with Gasteiger partial charge in [-0.2, -0.15) is 0 Å². The molecule has 2 rings (SSSR count). The maximum absolute atomic E-state index is 12.0. The van der Waals surface area contributed by atoms with E-state index in [1.165, 1.54) is 4.57 Å². The second-order valence-corrected chi connectivity index (χ2v) is 5.08. The van der Waals surface area contributed by atoms with Crippen molar-refractivity contribution in [1.82, 2.24) is 9.55 Å². The van der Waals surface area contributed by atoms with Gasteiger partial charge in [-0.05, 0) is 30.2 Å². The second kappa shape index (κ2) is 6.41. The summed E-state index contributed by atoms with van der Waals surface area (Å²) in [5.74, 6) is -0.0707. The van der Waals surface area contributed by atoms with Gasteiger partial charge in [-0.15, -0.1) is 0 Å². The molecular weight excluding hydrogens is 268 g/mol. The number of H-pyrrole nitrogens is 1. The number of hydrogen-bond donors (Lipinski definition) is 3. The summed E-state index contributed by atoms with van der Waals surface area (Å²) in [4.78, 5) is 26.1. The summed E-state index contributed by atoms with van der Waals surface area (Å²) in [5.41, 5.74) is 7.07. The Bertz CT molecular complexity index is 657. The van der Waals surface area contributed by atoms with Gasteiger partial charge in [-0.1, -0.05) is 20.3 Å². The van der Waals surface area contributed by atoms with Gasteiger partial charge >= 0.3 is 5.69 Å². The summed E-state index contributed by atoms with van der Waals surface area (Å²) in [7, 11) is 0. The Kier molecular flexibility index (Phi) is 4.59. The molecule has 0 aliphatic rings. The molecule has 0 saturated carbocycles. The Balaban J connectivity index is 2.08. The zero-order valence-electron chi connectivity index (χ0n) is 12.2. The maximum Gasteiger partial charge on any atom is 0.330 e. The lowest BCUT2D eigenvalue weighted by atomic mass is 9.99. The maximum atomic E-state index is 12.0. The monoisotopic (exact) mass is 288 g/mol. The Hall–Kier alpha value is -2.34. The molecule has 0 spiro atoms. The molecule has 1 amide bonds. The van der Waals surface area contributed by atoms with E-state index < -0.39 is 6.04 Å². The minimum atomic E-state index is -0.526. The number of anilines is 1. The van der Waals surface area contributed by atoms with Crippen LogP contribution in [0.2, 0.25) is 0 Å². The van der Waals surface area contributed by atoms with Crippen molar-refractivity contribution in [3.05, 3.63) is 47.1 Å². The molecule has 1 heterocycles. The number of aromatic amines is 1. The number of nitrogens with one attached hydrogen (secondary N) is 2. The first-order valence-electron chi connectivity index (χ1n) is 6.96. The molecule has 0 aliphatic carbocycles. The van der Waals surface area contributed by atoms with Crippen LogP contribution in [0.15, 0.2) is 41.5 Å². The third-order valence-corrected chi connectivity index (χ3v) is 3.62. The summed E-state index contributed by atoms with van der Waals surface area (Å²) in [6.45, 7) is 3.95. The third-order valence-electron chi connectivity index (χ3n) is 3.62. The van der Waals surface area contributed by atoms with Crippen LogP contribution in [0.25, 0.3) is 5.69 Å². The molecule has 0 bridgehead atoms. The van der Waals surface area contributed by atoms with Crippen molar-refractivity contribution in [2.24, 2.45) is 11.7 Å². The van der Waals surface area contributed by atoms with Crippen molar-refractivity contribution in [3.63, 3.8) is 0 Å². The fraction of sp³-hybridized carbons (Fsp3) is 0.333. The molecule has 0 radical (unpaired) electrons. The van der Waals surface area contributed by atoms with Crippen LogP contribution >= 0.6 is 0 Å². The van der Waals surface area contributed by atoms with Crippen LogP contribution in [0.4, 0.5) is 5.69 Å². The van der Waals surface area contributed by atoms with Crippen molar-refractivity contribution in [1.29, 1.82) is 0 Å². The van der Waals surface area contributed by atoms with E-state index in [4.69, 9.17) is 5.73 Å². The van der Waals surface area contributed by atoms with Crippen LogP contribution in [0.1, 0.15) is 20.3 Å². The molecule has 6 nitrogen and oxygen atoms in total. The lowest BCUT2D eigenvalue weighted by Crippen LogP contribution is -2.40. The molecule has 0 fully saturated rings. The minimum Gasteiger partial charge on any atom is -0.325 e. The van der Waals surface area contributed by atoms with E-state index in [9.17, 15) is 9.59 Å². The van der Waals surface area contributed by atoms with Crippen molar-refractivity contribution in [3.8, 4) is 5.69 Å². The number of hydrogen-bond acceptors (Lipinski definition) is 3. The normalized spacial score (nSPS) is 13.7. The lowest BCUT2D eigenvalue weighted by Gasteiger charge is -2.17. The first kappa shape index (κ1) is 15.1. The number of rotatable bonds is 5. The van der Waals surface area contributed by atoms with E-state index in [1.54, 1.807) is 36.7 Å². The van der Waals surface area contributed by atoms with Crippen LogP contribution in [0.5, 0.6) is 0 Å². The Morgan fingerprint density at radius 2 is 2.05 bits per heavy atom. The summed E-state index contributed by atoms with van der Waals surface area (Å²) in [5, 5.41) is 2.78. The average molecular weight is 288 g/mol. The zero-order chi connectivity index (χ0) is 15.4. The molecule has 1 aromatic carbocycles. The van der Waals surface area contributed by atoms with Crippen LogP contribution in [0, 0.1) is 5.92 Å². The molecule has 0 aliphatic heterocycles. The number of imidazole rings is 1. The van der Waals surface area contributed by atoms with Gasteiger partial charge in [0.25, 0.3) is 0 Å². The van der Waals surface area contributed by atoms with Crippen molar-refractivity contribution < 1.29 is 4.79 Å². The van der Waals surface area contributed by atoms with Crippen LogP contribution in [0.3, 0.4) is 0 Å². The predicted molar refractivity (Wildman–Crippen MR) is 82.4 cm³/mol. The summed E-state index contributed by atoms with van der Waals surface area (Å²) in [6, 6.07) is 6.49. The van der Waals surface area contributed by atoms with E-state index in [-0.39, 0.29) is 17.5 Å². The largest absolute Gasteiger partial charge is 0.330 e. The van der Waals surface area contributed by atoms with Gasteiger partial charge in [0.05, 0.1) is 11.7 Å². The summed E-state index contributed by atoms with van der Waals surface area (Å²) >= 11 is 0. The average Bonchev–Trinajstić information content (AvgIpc) is 2.92. The fourth-order valence-corrected chi connectivity index (χ4v) is 1.97. The number of carbonyl (C=O) groups excluding carboxylic acids is 1. The van der Waals surface area contributed by atoms with Gasteiger partial charge < -0.3 is 16.0 Å². The van der Waals surface area contributed by atoms with E-state index in [0.29, 0.717) is 5.69 Å². The molecule has 4 N–H and O–H groups in total. The van der Waals surface area contributed by atoms with Gasteiger partial charge in [0.1, 0.15) is 0 Å². The number of nitrogens with zero attached hydrogens (tertiary/aromatic N) is 1. The predicted octanol–water partition coefficient (Wildman–Crippen LogP) is 1.48. The topological polar surface area (TPSA) is 92.9 Å². The second-order valence-electron chi connectivity index (χ2n) is 5.08. The van der Waals surface area contributed by atoms with E-state index in [0.717, 1.165) is 12.1 Å². The third kappa shape index (κ3) is 3.41. The summed E-state index contributed by atoms with van der Waals surface area (Å²) in [6.07, 6.45) is 4.07. The highest BCUT2D eigenvalue weighted by atomic mass is 16.2. The standard InChI is InChI=1S/C15H20N4O2/c1-3-10(2)13(16)14(20)18-11-4-6-12(7-5-11)19-9-8-17-15(19)21/h4-10,13H,3,16H2,1-2H3,(H,17,21)(H,18,20). The zero-order valence-corrected chi connectivity index (χ0v) is 12.2. The molecule has 2 atom stereocenters. The van der Waals surface area contributed by atoms with Crippen LogP contribution in [-0.4, -0.2) is 21.5 Å². The fourth-order valence-electron chi connectivity index (χ4n) is 1.97. The molecule has 112 valence electrons. The Morgan fingerprint density at radius 1 is 1.38 bits per heavy atom. The quantitative estimate of drug-likeness (QED) is 0.778. The number of amides is 1. The summed E-state index contributed by atoms with van der Waals surface area (Å²) < 4.78 is 1.48. The van der Waals surface area contributed by atoms with E-state index >= 15 is 0 Å². The van der Waals surface area contributed by atoms with Gasteiger partial charge in [-0.25, -0.2) is 4.79 Å². The van der Waals surface area contributed by atoms with Crippen LogP contribution < -0.4 is 16.7 Å². The Labute approximate surface area is 123 Å². The number of benzene rings is 1. The highest BCUT2D eigenvalue weighted by molar-refractivity contribution is 5.94. The molecule has 6 heteroatoms.